The Balaban J connectivity index is 0.770. The monoisotopic (exact) mass is 1760 g/mol. The number of nitrogens with one attached hydrogen (secondary N) is 6. The van der Waals surface area contributed by atoms with E-state index in [4.69, 9.17) is 77.9 Å². The molecule has 1 heterocycles. The van der Waals surface area contributed by atoms with Crippen LogP contribution in [0.5, 0.6) is 0 Å². The van der Waals surface area contributed by atoms with E-state index < -0.39 is 124 Å². The lowest BCUT2D eigenvalue weighted by atomic mass is 9.45. The number of aliphatic hydroxyl groups excluding tert-OH is 1. The molecule has 4 aliphatic carbocycles. The SMILES string of the molecule is CCC(=O)OC1(C(=O)COCNC(=O)CNC(=O)[C@H](C)NC(=O)[C@H](C)NC(=O)[C@H](CCCCNC(=O)CCOCCOCCOCCOCCOCCOCCOCCOCCOCCOCCOCCOC)NC(=O)CCN2C(=O)C(Sc3ccccc3)=C(Sc3ccccc3)C2=O)[C@@H](C)C[C@H]2[C@@H]3CCC4=CC(=O)C=C[C@]4(C)C3(Cl)[C@@H](O)C[C@@]21C. The Hall–Kier alpha value is -7.14. The average molecular weight is 1760 g/mol. The zero-order valence-corrected chi connectivity index (χ0v) is 73.1. The predicted molar refractivity (Wildman–Crippen MR) is 446 cm³/mol. The van der Waals surface area contributed by atoms with Crippen LogP contribution in [0.15, 0.2) is 104 Å². The molecule has 0 radical (unpaired) electrons. The molecule has 0 spiro atoms. The second kappa shape index (κ2) is 53.9. The van der Waals surface area contributed by atoms with Gasteiger partial charge in [-0.1, -0.05) is 99.3 Å². The van der Waals surface area contributed by atoms with Crippen LogP contribution >= 0.6 is 35.1 Å². The minimum atomic E-state index is -1.74. The van der Waals surface area contributed by atoms with Crippen LogP contribution in [0.25, 0.3) is 0 Å². The van der Waals surface area contributed by atoms with E-state index >= 15 is 0 Å². The third-order valence-electron chi connectivity index (χ3n) is 21.8. The minimum Gasteiger partial charge on any atom is -0.450 e. The standard InChI is InChI=1S/C85H124ClN7O26S2/c1-8-74(100)119-85(59(2)53-67-66-23-22-62-54-63(94)24-27-82(62,5)84(66,86)69(95)55-83(67,85)6)70(96)57-118-58-89-73(99)56-88-77(101)60(3)90-78(102)61(4)91-79(103)68(92-72(98)25-29-93-80(104)75(120-64-17-11-9-12-18-64)76(81(93)105)121-65-19-13-10-14-20-65)21-15-16-28-87-71(97)26-30-107-33-34-109-37-38-111-41-42-113-45-46-115-49-50-117-52-51-116-48-47-114-44-43-112-40-39-110-36-35-108-32-31-106-7/h9-14,17-20,24,27,54,59-61,66-69,95H,8,15-16,21-23,25-26,28-53,55-58H2,1-7H3,(H,87,97)(H,88,101)(H,89,99)(H,90,102)(H,91,103)(H,92,98)/t59-,60-,61-,66-,67-,68-,69-,82-,83-,84?,85?/m0/s1. The minimum absolute atomic E-state index is 0.00405. The number of ether oxygens (including phenoxy) is 14. The third-order valence-corrected chi connectivity index (χ3v) is 25.0. The van der Waals surface area contributed by atoms with E-state index in [-0.39, 0.29) is 98.4 Å². The first-order valence-corrected chi connectivity index (χ1v) is 43.6. The number of alkyl halides is 1. The first-order valence-electron chi connectivity index (χ1n) is 41.6. The maximum Gasteiger partial charge on any atom is 0.306 e. The highest BCUT2D eigenvalue weighted by molar-refractivity contribution is 8.08. The zero-order valence-electron chi connectivity index (χ0n) is 70.7. The van der Waals surface area contributed by atoms with Crippen LogP contribution in [-0.4, -0.2) is 302 Å². The molecule has 0 saturated heterocycles. The van der Waals surface area contributed by atoms with Crippen LogP contribution in [0.2, 0.25) is 0 Å². The lowest BCUT2D eigenvalue weighted by Crippen LogP contribution is -2.69. The number of fused-ring (bicyclic) bond motifs is 5. The molecule has 2 aromatic carbocycles. The van der Waals surface area contributed by atoms with E-state index in [1.54, 1.807) is 26.2 Å². The molecule has 0 bridgehead atoms. The van der Waals surface area contributed by atoms with Gasteiger partial charge in [0.05, 0.1) is 179 Å². The van der Waals surface area contributed by atoms with E-state index in [0.717, 1.165) is 43.8 Å². The van der Waals surface area contributed by atoms with Crippen LogP contribution in [0.4, 0.5) is 0 Å². The van der Waals surface area contributed by atoms with Crippen LogP contribution in [-0.2, 0) is 119 Å². The van der Waals surface area contributed by atoms with Gasteiger partial charge in [0.15, 0.2) is 11.4 Å². The highest BCUT2D eigenvalue weighted by Crippen LogP contribution is 2.72. The number of benzene rings is 2. The third kappa shape index (κ3) is 30.9. The largest absolute Gasteiger partial charge is 0.450 e. The van der Waals surface area contributed by atoms with Gasteiger partial charge in [0, 0.05) is 66.0 Å². The number of rotatable bonds is 63. The molecular formula is C85H124ClN7O26S2. The molecule has 2 unspecified atom stereocenters. The first kappa shape index (κ1) is 101. The molecular weight excluding hydrogens is 1630 g/mol. The van der Waals surface area contributed by atoms with Gasteiger partial charge in [-0.3, -0.25) is 57.6 Å². The second-order valence-corrected chi connectivity index (χ2v) is 32.9. The van der Waals surface area contributed by atoms with Gasteiger partial charge in [-0.25, -0.2) is 0 Å². The van der Waals surface area contributed by atoms with Gasteiger partial charge in [-0.15, -0.1) is 11.6 Å². The van der Waals surface area contributed by atoms with Crippen molar-refractivity contribution < 1.29 is 124 Å². The van der Waals surface area contributed by atoms with Crippen LogP contribution in [0.1, 0.15) is 106 Å². The van der Waals surface area contributed by atoms with Gasteiger partial charge in [-0.2, -0.15) is 0 Å². The summed E-state index contributed by atoms with van der Waals surface area (Å²) >= 11 is 9.93. The van der Waals surface area contributed by atoms with Gasteiger partial charge in [0.1, 0.15) is 31.5 Å². The number of carbonyl (C=O) groups is 11. The van der Waals surface area contributed by atoms with E-state index in [0.29, 0.717) is 164 Å². The van der Waals surface area contributed by atoms with Gasteiger partial charge < -0.3 is 103 Å². The van der Waals surface area contributed by atoms with Crippen molar-refractivity contribution in [3.8, 4) is 0 Å². The summed E-state index contributed by atoms with van der Waals surface area (Å²) in [5, 5.41) is 27.8. The number of Topliss-reactive ketones (excluding diaryl/α,β-unsaturated/α-hetero) is 1. The number of imide groups is 1. The smallest absolute Gasteiger partial charge is 0.306 e. The Bertz CT molecular complexity index is 3680. The summed E-state index contributed by atoms with van der Waals surface area (Å²) in [5.74, 6) is -7.71. The fourth-order valence-electron chi connectivity index (χ4n) is 15.5. The number of hydrogen-bond donors (Lipinski definition) is 7. The number of aliphatic hydroxyl groups is 1. The predicted octanol–water partition coefficient (Wildman–Crippen LogP) is 4.89. The molecule has 3 fully saturated rings. The number of thioether (sulfide) groups is 2. The van der Waals surface area contributed by atoms with Crippen molar-refractivity contribution in [2.24, 2.45) is 28.6 Å². The fraction of sp³-hybridized carbons (Fsp3) is 0.659. The summed E-state index contributed by atoms with van der Waals surface area (Å²) in [7, 11) is 1.63. The summed E-state index contributed by atoms with van der Waals surface area (Å²) in [5.41, 5.74) is -2.85. The van der Waals surface area contributed by atoms with Crippen molar-refractivity contribution in [3.05, 3.63) is 94.3 Å². The Labute approximate surface area is 722 Å². The first-order chi connectivity index (χ1) is 58.3. The number of hydrogen-bond acceptors (Lipinski definition) is 28. The molecule has 7 N–H and O–H groups in total. The molecule has 36 heteroatoms. The molecule has 3 saturated carbocycles. The van der Waals surface area contributed by atoms with Crippen molar-refractivity contribution in [2.45, 2.75) is 150 Å². The number of nitrogens with zero attached hydrogens (tertiary/aromatic N) is 1. The Morgan fingerprint density at radius 3 is 1.55 bits per heavy atom. The second-order valence-electron chi connectivity index (χ2n) is 30.1. The van der Waals surface area contributed by atoms with Crippen LogP contribution in [0.3, 0.4) is 0 Å². The number of esters is 1. The molecule has 7 rings (SSSR count). The van der Waals surface area contributed by atoms with Crippen molar-refractivity contribution >= 4 is 99.9 Å². The van der Waals surface area contributed by atoms with Crippen molar-refractivity contribution in [1.82, 2.24) is 36.8 Å². The molecule has 0 aromatic heterocycles. The van der Waals surface area contributed by atoms with Crippen molar-refractivity contribution in [1.29, 1.82) is 0 Å². The van der Waals surface area contributed by atoms with Gasteiger partial charge in [0.25, 0.3) is 11.8 Å². The maximum atomic E-state index is 14.7. The normalized spacial score (nSPS) is 22.4. The molecule has 8 amide bonds. The summed E-state index contributed by atoms with van der Waals surface area (Å²) < 4.78 is 77.4. The summed E-state index contributed by atoms with van der Waals surface area (Å²) in [4.78, 5) is 151. The number of halogens is 1. The molecule has 5 aliphatic rings. The highest BCUT2D eigenvalue weighted by atomic mass is 35.5. The van der Waals surface area contributed by atoms with Gasteiger partial charge >= 0.3 is 5.97 Å². The number of unbranched alkanes of at least 4 members (excludes halogenated alkanes) is 1. The Kier molecular flexibility index (Phi) is 45.0. The Morgan fingerprint density at radius 2 is 1.05 bits per heavy atom. The molecule has 1 aliphatic heterocycles. The van der Waals surface area contributed by atoms with E-state index in [2.05, 4.69) is 31.9 Å². The summed E-state index contributed by atoms with van der Waals surface area (Å²) in [6.07, 6.45) is 5.52. The van der Waals surface area contributed by atoms with Gasteiger partial charge in [-0.05, 0) is 107 Å². The average Bonchev–Trinajstić information content (AvgIpc) is 1.57. The fourth-order valence-corrected chi connectivity index (χ4v) is 18.1. The van der Waals surface area contributed by atoms with Gasteiger partial charge in [0.2, 0.25) is 41.2 Å². The molecule has 2 aromatic rings. The molecule has 33 nitrogen and oxygen atoms in total. The highest BCUT2D eigenvalue weighted by Gasteiger charge is 2.76. The molecule has 121 heavy (non-hydrogen) atoms. The molecule has 11 atom stereocenters. The molecule has 674 valence electrons. The summed E-state index contributed by atoms with van der Waals surface area (Å²) in [6, 6.07) is 14.3. The quantitative estimate of drug-likeness (QED) is 0.0152. The summed E-state index contributed by atoms with van der Waals surface area (Å²) in [6.45, 7) is 17.8. The lowest BCUT2D eigenvalue weighted by molar-refractivity contribution is -0.203. The number of methoxy groups -OCH3 is 1. The van der Waals surface area contributed by atoms with E-state index in [1.165, 1.54) is 19.9 Å². The van der Waals surface area contributed by atoms with Crippen LogP contribution < -0.4 is 31.9 Å². The van der Waals surface area contributed by atoms with E-state index in [1.807, 2.05) is 81.4 Å². The number of ketones is 2. The zero-order chi connectivity index (χ0) is 87.5. The number of allylic oxidation sites excluding steroid dienone is 4. The maximum absolute atomic E-state index is 14.7. The van der Waals surface area contributed by atoms with E-state index in [9.17, 15) is 57.8 Å². The van der Waals surface area contributed by atoms with Crippen LogP contribution in [0, 0.1) is 28.6 Å². The number of amides is 8. The lowest BCUT2D eigenvalue weighted by Gasteiger charge is -2.64. The van der Waals surface area contributed by atoms with Crippen molar-refractivity contribution in [3.63, 3.8) is 0 Å². The Morgan fingerprint density at radius 1 is 0.570 bits per heavy atom. The number of carbonyl (C=O) groups excluding carboxylic acids is 11. The van der Waals surface area contributed by atoms with Crippen molar-refractivity contribution in [2.75, 3.05) is 192 Å². The topological polar surface area (TPSA) is 413 Å².